The summed E-state index contributed by atoms with van der Waals surface area (Å²) >= 11 is 4.55. The van der Waals surface area contributed by atoms with Gasteiger partial charge in [-0.3, -0.25) is 4.79 Å². The van der Waals surface area contributed by atoms with Crippen LogP contribution in [0.25, 0.3) is 0 Å². The number of rotatable bonds is 4. The molecule has 0 aromatic heterocycles. The fourth-order valence-electron chi connectivity index (χ4n) is 1.42. The maximum Gasteiger partial charge on any atom is 0.303 e. The van der Waals surface area contributed by atoms with Crippen molar-refractivity contribution in [2.45, 2.75) is 26.0 Å². The molecule has 84 valence electrons. The molecule has 1 aromatic rings. The molecule has 0 amide bonds. The second-order valence-electron chi connectivity index (χ2n) is 3.40. The number of hydrogen-bond donors (Lipinski definition) is 0. The van der Waals surface area contributed by atoms with Crippen molar-refractivity contribution >= 4 is 23.3 Å². The smallest absolute Gasteiger partial charge is 0.303 e. The van der Waals surface area contributed by atoms with Crippen LogP contribution < -0.4 is 0 Å². The van der Waals surface area contributed by atoms with Crippen molar-refractivity contribution in [1.82, 2.24) is 0 Å². The highest BCUT2D eigenvalue weighted by atomic mass is 32.1. The summed E-state index contributed by atoms with van der Waals surface area (Å²) in [6, 6.07) is 9.23. The Morgan fingerprint density at radius 2 is 2.06 bits per heavy atom. The Hall–Kier alpha value is -1.51. The first-order valence-electron chi connectivity index (χ1n) is 4.94. The monoisotopic (exact) mass is 235 g/mol. The van der Waals surface area contributed by atoms with Gasteiger partial charge in [0.15, 0.2) is 0 Å². The molecule has 3 nitrogen and oxygen atoms in total. The molecule has 0 N–H and O–H groups in total. The molecule has 4 heteroatoms. The van der Waals surface area contributed by atoms with E-state index < -0.39 is 6.10 Å². The standard InChI is InChI=1S/C12H13NO2S/c1-9(13-8-16)12(15-10(2)14)11-6-4-3-5-7-11/h3-7,9,12H,1-2H3/t9-,12-/m1/s1. The number of aliphatic imine (C=N–C) groups is 1. The van der Waals surface area contributed by atoms with Crippen molar-refractivity contribution in [3.63, 3.8) is 0 Å². The predicted octanol–water partition coefficient (Wildman–Crippen LogP) is 2.78. The number of nitrogens with zero attached hydrogens (tertiary/aromatic N) is 1. The SMILES string of the molecule is CC(=O)O[C@@H](c1ccccc1)[C@@H](C)N=C=S. The van der Waals surface area contributed by atoms with Gasteiger partial charge in [-0.2, -0.15) is 0 Å². The lowest BCUT2D eigenvalue weighted by molar-refractivity contribution is -0.147. The Morgan fingerprint density at radius 1 is 1.44 bits per heavy atom. The maximum absolute atomic E-state index is 11.0. The second kappa shape index (κ2) is 6.16. The number of benzene rings is 1. The van der Waals surface area contributed by atoms with Gasteiger partial charge >= 0.3 is 5.97 Å². The summed E-state index contributed by atoms with van der Waals surface area (Å²) in [5.74, 6) is -0.333. The molecular weight excluding hydrogens is 222 g/mol. The third-order valence-electron chi connectivity index (χ3n) is 2.12. The number of carbonyl (C=O) groups excluding carboxylic acids is 1. The Kier molecular flexibility index (Phi) is 4.83. The fraction of sp³-hybridized carbons (Fsp3) is 0.333. The van der Waals surface area contributed by atoms with Gasteiger partial charge in [0.25, 0.3) is 0 Å². The normalized spacial score (nSPS) is 13.4. The summed E-state index contributed by atoms with van der Waals surface area (Å²) in [5.41, 5.74) is 0.902. The van der Waals surface area contributed by atoms with Crippen molar-refractivity contribution in [2.24, 2.45) is 4.99 Å². The van der Waals surface area contributed by atoms with Crippen LogP contribution in [0.15, 0.2) is 35.3 Å². The average Bonchev–Trinajstić information content (AvgIpc) is 2.27. The molecule has 0 aliphatic rings. The zero-order valence-corrected chi connectivity index (χ0v) is 10.0. The number of hydrogen-bond acceptors (Lipinski definition) is 4. The number of carbonyl (C=O) groups is 1. The molecule has 0 fully saturated rings. The molecule has 0 saturated heterocycles. The third kappa shape index (κ3) is 3.57. The van der Waals surface area contributed by atoms with E-state index in [9.17, 15) is 4.79 Å². The highest BCUT2D eigenvalue weighted by Gasteiger charge is 2.21. The van der Waals surface area contributed by atoms with Gasteiger partial charge in [-0.15, -0.1) is 0 Å². The highest BCUT2D eigenvalue weighted by Crippen LogP contribution is 2.23. The topological polar surface area (TPSA) is 38.7 Å². The molecule has 2 atom stereocenters. The van der Waals surface area contributed by atoms with Gasteiger partial charge in [0.2, 0.25) is 0 Å². The minimum atomic E-state index is -0.408. The van der Waals surface area contributed by atoms with Crippen molar-refractivity contribution < 1.29 is 9.53 Å². The van der Waals surface area contributed by atoms with Gasteiger partial charge in [0.05, 0.1) is 11.2 Å². The van der Waals surface area contributed by atoms with Crippen LogP contribution in [-0.2, 0) is 9.53 Å². The average molecular weight is 235 g/mol. The molecule has 16 heavy (non-hydrogen) atoms. The summed E-state index contributed by atoms with van der Waals surface area (Å²) < 4.78 is 5.23. The Balaban J connectivity index is 2.95. The van der Waals surface area contributed by atoms with E-state index in [2.05, 4.69) is 22.4 Å². The van der Waals surface area contributed by atoms with Gasteiger partial charge in [-0.25, -0.2) is 4.99 Å². The minimum absolute atomic E-state index is 0.233. The maximum atomic E-state index is 11.0. The summed E-state index contributed by atoms with van der Waals surface area (Å²) in [5, 5.41) is 2.31. The van der Waals surface area contributed by atoms with E-state index in [4.69, 9.17) is 4.74 Å². The molecule has 0 aliphatic heterocycles. The molecule has 0 unspecified atom stereocenters. The molecule has 0 spiro atoms. The van der Waals surface area contributed by atoms with Crippen LogP contribution in [0, 0.1) is 0 Å². The van der Waals surface area contributed by atoms with Crippen LogP contribution in [0.2, 0.25) is 0 Å². The van der Waals surface area contributed by atoms with E-state index in [0.29, 0.717) is 0 Å². The number of thiocarbonyl (C=S) groups is 1. The van der Waals surface area contributed by atoms with E-state index >= 15 is 0 Å². The second-order valence-corrected chi connectivity index (χ2v) is 3.58. The lowest BCUT2D eigenvalue weighted by atomic mass is 10.0. The largest absolute Gasteiger partial charge is 0.455 e. The molecule has 0 radical (unpaired) electrons. The van der Waals surface area contributed by atoms with E-state index in [0.717, 1.165) is 5.56 Å². The summed E-state index contributed by atoms with van der Waals surface area (Å²) in [7, 11) is 0. The lowest BCUT2D eigenvalue weighted by Gasteiger charge is -2.20. The van der Waals surface area contributed by atoms with Gasteiger partial charge in [0.1, 0.15) is 6.10 Å². The van der Waals surface area contributed by atoms with E-state index in [1.165, 1.54) is 6.92 Å². The van der Waals surface area contributed by atoms with E-state index in [1.807, 2.05) is 37.3 Å². The van der Waals surface area contributed by atoms with Crippen LogP contribution in [0.5, 0.6) is 0 Å². The Labute approximate surface area is 100 Å². The molecule has 1 rings (SSSR count). The summed E-state index contributed by atoms with van der Waals surface area (Å²) in [6.07, 6.45) is -0.408. The molecule has 1 aromatic carbocycles. The zero-order valence-electron chi connectivity index (χ0n) is 9.21. The van der Waals surface area contributed by atoms with Crippen molar-refractivity contribution in [3.05, 3.63) is 35.9 Å². The quantitative estimate of drug-likeness (QED) is 0.457. The van der Waals surface area contributed by atoms with E-state index in [-0.39, 0.29) is 12.0 Å². The number of esters is 1. The number of ether oxygens (including phenoxy) is 1. The predicted molar refractivity (Wildman–Crippen MR) is 65.4 cm³/mol. The Bertz CT molecular complexity index is 399. The first-order chi connectivity index (χ1) is 7.65. The van der Waals surface area contributed by atoms with Crippen LogP contribution in [0.4, 0.5) is 0 Å². The van der Waals surface area contributed by atoms with Crippen molar-refractivity contribution in [1.29, 1.82) is 0 Å². The van der Waals surface area contributed by atoms with Gasteiger partial charge in [-0.05, 0) is 24.7 Å². The minimum Gasteiger partial charge on any atom is -0.455 e. The molecule has 0 bridgehead atoms. The summed E-state index contributed by atoms with van der Waals surface area (Å²) in [6.45, 7) is 3.21. The Morgan fingerprint density at radius 3 is 2.56 bits per heavy atom. The number of isothiocyanates is 1. The van der Waals surface area contributed by atoms with Crippen molar-refractivity contribution in [3.8, 4) is 0 Å². The van der Waals surface area contributed by atoms with Crippen LogP contribution in [0.1, 0.15) is 25.5 Å². The van der Waals surface area contributed by atoms with E-state index in [1.54, 1.807) is 0 Å². The van der Waals surface area contributed by atoms with Crippen LogP contribution in [-0.4, -0.2) is 17.2 Å². The van der Waals surface area contributed by atoms with Gasteiger partial charge in [0, 0.05) is 6.92 Å². The van der Waals surface area contributed by atoms with Gasteiger partial charge in [-0.1, -0.05) is 30.3 Å². The third-order valence-corrected chi connectivity index (χ3v) is 2.22. The highest BCUT2D eigenvalue weighted by molar-refractivity contribution is 7.78. The molecule has 0 aliphatic carbocycles. The fourth-order valence-corrected chi connectivity index (χ4v) is 1.58. The first-order valence-corrected chi connectivity index (χ1v) is 5.35. The lowest BCUT2D eigenvalue weighted by Crippen LogP contribution is -2.19. The molecule has 0 heterocycles. The van der Waals surface area contributed by atoms with Gasteiger partial charge < -0.3 is 4.74 Å². The molecule has 0 saturated carbocycles. The zero-order chi connectivity index (χ0) is 12.0. The van der Waals surface area contributed by atoms with Crippen LogP contribution in [0.3, 0.4) is 0 Å². The van der Waals surface area contributed by atoms with Crippen LogP contribution >= 0.6 is 12.2 Å². The first kappa shape index (κ1) is 12.6. The summed E-state index contributed by atoms with van der Waals surface area (Å²) in [4.78, 5) is 15.0. The molecular formula is C12H13NO2S. The van der Waals surface area contributed by atoms with Crippen molar-refractivity contribution in [2.75, 3.05) is 0 Å².